The first-order valence-corrected chi connectivity index (χ1v) is 8.98. The Morgan fingerprint density at radius 2 is 1.62 bits per heavy atom. The maximum atomic E-state index is 12.8. The van der Waals surface area contributed by atoms with Crippen LogP contribution in [0.1, 0.15) is 24.0 Å². The number of nitrogens with zero attached hydrogens (tertiary/aromatic N) is 2. The summed E-state index contributed by atoms with van der Waals surface area (Å²) in [5.41, 5.74) is 1.58. The lowest BCUT2D eigenvalue weighted by atomic mass is 10.3. The first-order chi connectivity index (χ1) is 11.3. The zero-order valence-electron chi connectivity index (χ0n) is 13.3. The summed E-state index contributed by atoms with van der Waals surface area (Å²) in [4.78, 5) is 7.19. The number of ether oxygens (including phenoxy) is 1. The highest BCUT2D eigenvalue weighted by Gasteiger charge is 2.06. The molecule has 0 amide bonds. The van der Waals surface area contributed by atoms with Crippen molar-refractivity contribution in [2.24, 2.45) is 0 Å². The summed E-state index contributed by atoms with van der Waals surface area (Å²) in [6.45, 7) is 5.54. The predicted molar refractivity (Wildman–Crippen MR) is 101 cm³/mol. The molecule has 1 fully saturated rings. The van der Waals surface area contributed by atoms with Gasteiger partial charge in [0.25, 0.3) is 0 Å². The average molecular weight is 489 g/mol. The average Bonchev–Trinajstić information content (AvgIpc) is 3.13. The third-order valence-electron chi connectivity index (χ3n) is 2.85. The molecule has 2 aromatic heterocycles. The fraction of sp³-hybridized carbons (Fsp3) is 0.375. The number of hydrogen-bond donors (Lipinski definition) is 0. The summed E-state index contributed by atoms with van der Waals surface area (Å²) < 4.78 is 30.7. The smallest absolute Gasteiger partial charge is 0.174 e. The Balaban J connectivity index is 0.000000189. The largest absolute Gasteiger partial charge is 0.381 e. The minimum Gasteiger partial charge on any atom is -0.381 e. The topological polar surface area (TPSA) is 35.0 Å². The minimum atomic E-state index is -0.461. The van der Waals surface area contributed by atoms with E-state index in [2.05, 4.69) is 9.97 Å². The molecule has 132 valence electrons. The highest BCUT2D eigenvalue weighted by Crippen LogP contribution is 2.19. The molecule has 0 aromatic carbocycles. The van der Waals surface area contributed by atoms with E-state index in [0.29, 0.717) is 3.57 Å². The van der Waals surface area contributed by atoms with Crippen molar-refractivity contribution < 1.29 is 13.5 Å². The lowest BCUT2D eigenvalue weighted by Crippen LogP contribution is -1.90. The van der Waals surface area contributed by atoms with E-state index < -0.39 is 11.6 Å². The Morgan fingerprint density at radius 3 is 2.04 bits per heavy atom. The number of aromatic nitrogens is 2. The van der Waals surface area contributed by atoms with Gasteiger partial charge in [-0.15, -0.1) is 0 Å². The molecule has 1 saturated heterocycles. The van der Waals surface area contributed by atoms with E-state index in [1.165, 1.54) is 25.1 Å². The van der Waals surface area contributed by atoms with Crippen molar-refractivity contribution in [3.8, 4) is 0 Å². The van der Waals surface area contributed by atoms with Crippen LogP contribution in [0.3, 0.4) is 0 Å². The summed E-state index contributed by atoms with van der Waals surface area (Å²) >= 11 is 12.6. The van der Waals surface area contributed by atoms with E-state index in [1.807, 2.05) is 22.6 Å². The number of pyridine rings is 2. The quantitative estimate of drug-likeness (QED) is 0.349. The van der Waals surface area contributed by atoms with E-state index in [9.17, 15) is 8.78 Å². The van der Waals surface area contributed by atoms with Gasteiger partial charge in [-0.25, -0.2) is 18.7 Å². The molecule has 0 radical (unpaired) electrons. The van der Waals surface area contributed by atoms with E-state index in [-0.39, 0.29) is 10.3 Å². The van der Waals surface area contributed by atoms with Crippen molar-refractivity contribution in [3.63, 3.8) is 0 Å². The van der Waals surface area contributed by atoms with Crippen LogP contribution >= 0.6 is 45.8 Å². The SMILES string of the molecule is C1CCOC1.Cc1cnc(Cl)c(F)c1.Cc1cnc(Cl)c(F)c1I. The van der Waals surface area contributed by atoms with Crippen molar-refractivity contribution in [2.45, 2.75) is 26.7 Å². The molecular formula is C16H17Cl2F2IN2O. The van der Waals surface area contributed by atoms with Gasteiger partial charge in [-0.1, -0.05) is 23.2 Å². The second-order valence-electron chi connectivity index (χ2n) is 4.96. The number of aryl methyl sites for hydroxylation is 2. The van der Waals surface area contributed by atoms with E-state index >= 15 is 0 Å². The van der Waals surface area contributed by atoms with E-state index in [0.717, 1.165) is 24.3 Å². The molecule has 1 aliphatic rings. The molecule has 8 heteroatoms. The molecule has 3 nitrogen and oxygen atoms in total. The molecule has 1 aliphatic heterocycles. The molecule has 0 bridgehead atoms. The summed E-state index contributed by atoms with van der Waals surface area (Å²) in [7, 11) is 0. The summed E-state index contributed by atoms with van der Waals surface area (Å²) in [5.74, 6) is -0.890. The maximum absolute atomic E-state index is 12.8. The van der Waals surface area contributed by atoms with Crippen molar-refractivity contribution in [3.05, 3.63) is 55.1 Å². The van der Waals surface area contributed by atoms with Crippen molar-refractivity contribution in [2.75, 3.05) is 13.2 Å². The molecule has 3 rings (SSSR count). The van der Waals surface area contributed by atoms with Gasteiger partial charge in [-0.2, -0.15) is 0 Å². The number of rotatable bonds is 0. The summed E-state index contributed by atoms with van der Waals surface area (Å²) in [6, 6.07) is 1.34. The zero-order valence-corrected chi connectivity index (χ0v) is 16.9. The van der Waals surface area contributed by atoms with Gasteiger partial charge >= 0.3 is 0 Å². The lowest BCUT2D eigenvalue weighted by molar-refractivity contribution is 0.198. The van der Waals surface area contributed by atoms with Gasteiger partial charge in [0.05, 0.1) is 3.57 Å². The Kier molecular flexibility index (Phi) is 9.95. The second kappa shape index (κ2) is 11.1. The number of halogens is 5. The van der Waals surface area contributed by atoms with Crippen LogP contribution in [0.25, 0.3) is 0 Å². The van der Waals surface area contributed by atoms with Crippen LogP contribution in [-0.4, -0.2) is 23.2 Å². The summed E-state index contributed by atoms with van der Waals surface area (Å²) in [5, 5.41) is -0.129. The molecule has 24 heavy (non-hydrogen) atoms. The van der Waals surface area contributed by atoms with E-state index in [1.54, 1.807) is 20.0 Å². The molecule has 0 atom stereocenters. The Labute approximate surface area is 163 Å². The molecule has 0 N–H and O–H groups in total. The van der Waals surface area contributed by atoms with E-state index in [4.69, 9.17) is 27.9 Å². The monoisotopic (exact) mass is 488 g/mol. The van der Waals surface area contributed by atoms with Crippen LogP contribution in [-0.2, 0) is 4.74 Å². The Bertz CT molecular complexity index is 636. The van der Waals surface area contributed by atoms with Crippen LogP contribution in [0.4, 0.5) is 8.78 Å². The van der Waals surface area contributed by atoms with Crippen molar-refractivity contribution in [1.29, 1.82) is 0 Å². The fourth-order valence-electron chi connectivity index (χ4n) is 1.56. The normalized spacial score (nSPS) is 12.8. The number of hydrogen-bond acceptors (Lipinski definition) is 3. The molecular weight excluding hydrogens is 472 g/mol. The van der Waals surface area contributed by atoms with Gasteiger partial charge in [0.1, 0.15) is 0 Å². The lowest BCUT2D eigenvalue weighted by Gasteiger charge is -1.98. The van der Waals surface area contributed by atoms with Crippen LogP contribution in [0.2, 0.25) is 10.3 Å². The molecule has 0 saturated carbocycles. The van der Waals surface area contributed by atoms with Gasteiger partial charge in [-0.3, -0.25) is 0 Å². The van der Waals surface area contributed by atoms with Gasteiger partial charge in [0.15, 0.2) is 21.9 Å². The van der Waals surface area contributed by atoms with Crippen molar-refractivity contribution >= 4 is 45.8 Å². The van der Waals surface area contributed by atoms with Gasteiger partial charge in [-0.05, 0) is 66.5 Å². The van der Waals surface area contributed by atoms with Crippen LogP contribution in [0.15, 0.2) is 18.5 Å². The minimum absolute atomic E-state index is 0.0602. The Hall–Kier alpha value is -0.570. The molecule has 0 aliphatic carbocycles. The maximum Gasteiger partial charge on any atom is 0.174 e. The van der Waals surface area contributed by atoms with Crippen LogP contribution in [0.5, 0.6) is 0 Å². The first-order valence-electron chi connectivity index (χ1n) is 7.14. The third-order valence-corrected chi connectivity index (χ3v) is 4.72. The summed E-state index contributed by atoms with van der Waals surface area (Å²) in [6.07, 6.45) is 5.62. The van der Waals surface area contributed by atoms with Gasteiger partial charge in [0, 0.05) is 25.6 Å². The first kappa shape index (κ1) is 21.5. The zero-order chi connectivity index (χ0) is 18.1. The molecule has 3 heterocycles. The molecule has 0 spiro atoms. The fourth-order valence-corrected chi connectivity index (χ4v) is 2.36. The van der Waals surface area contributed by atoms with Crippen LogP contribution < -0.4 is 0 Å². The standard InChI is InChI=1S/C6H4ClFIN.C6H5ClFN.C4H8O/c1-3-2-10-6(7)4(8)5(3)9;1-4-2-5(8)6(7)9-3-4;1-2-4-5-3-1/h2H,1H3;2-3H,1H3;1-4H2. The predicted octanol–water partition coefficient (Wildman–Crippen LogP) is 5.77. The highest BCUT2D eigenvalue weighted by molar-refractivity contribution is 14.1. The highest BCUT2D eigenvalue weighted by atomic mass is 127. The molecule has 0 unspecified atom stereocenters. The third kappa shape index (κ3) is 7.55. The molecule has 2 aromatic rings. The van der Waals surface area contributed by atoms with Gasteiger partial charge in [0.2, 0.25) is 0 Å². The van der Waals surface area contributed by atoms with Crippen LogP contribution in [0, 0.1) is 29.1 Å². The van der Waals surface area contributed by atoms with Gasteiger partial charge < -0.3 is 4.74 Å². The second-order valence-corrected chi connectivity index (χ2v) is 6.76. The van der Waals surface area contributed by atoms with Crippen molar-refractivity contribution in [1.82, 2.24) is 9.97 Å². The Morgan fingerprint density at radius 1 is 1.04 bits per heavy atom.